The van der Waals surface area contributed by atoms with Crippen LogP contribution in [-0.4, -0.2) is 36.8 Å². The Morgan fingerprint density at radius 2 is 1.68 bits per heavy atom. The molecule has 0 aromatic heterocycles. The molecule has 2 saturated heterocycles. The van der Waals surface area contributed by atoms with Gasteiger partial charge in [0.1, 0.15) is 11.8 Å². The number of carbonyl (C=O) groups is 3. The summed E-state index contributed by atoms with van der Waals surface area (Å²) in [5.74, 6) is -1.20. The fourth-order valence-electron chi connectivity index (χ4n) is 5.52. The topological polar surface area (TPSA) is 66.9 Å². The molecule has 6 nitrogen and oxygen atoms in total. The highest BCUT2D eigenvalue weighted by molar-refractivity contribution is 6.25. The molecule has 2 fully saturated rings. The average Bonchev–Trinajstić information content (AvgIpc) is 3.22. The molecule has 0 spiro atoms. The van der Waals surface area contributed by atoms with E-state index < -0.39 is 17.9 Å². The van der Waals surface area contributed by atoms with Gasteiger partial charge in [0.25, 0.3) is 0 Å². The van der Waals surface area contributed by atoms with Crippen LogP contribution in [-0.2, 0) is 14.4 Å². The summed E-state index contributed by atoms with van der Waals surface area (Å²) in [6, 6.07) is 10.3. The lowest BCUT2D eigenvalue weighted by atomic mass is 9.88. The Morgan fingerprint density at radius 1 is 1.00 bits per heavy atom. The lowest BCUT2D eigenvalue weighted by Gasteiger charge is -2.36. The van der Waals surface area contributed by atoms with E-state index >= 15 is 0 Å². The third-order valence-electron chi connectivity index (χ3n) is 6.79. The van der Waals surface area contributed by atoms with Crippen LogP contribution in [0, 0.1) is 25.7 Å². The minimum absolute atomic E-state index is 0.112. The lowest BCUT2D eigenvalue weighted by Crippen LogP contribution is -2.48. The van der Waals surface area contributed by atoms with Crippen molar-refractivity contribution in [3.8, 4) is 5.75 Å². The largest absolute Gasteiger partial charge is 0.497 e. The summed E-state index contributed by atoms with van der Waals surface area (Å²) >= 11 is 0. The summed E-state index contributed by atoms with van der Waals surface area (Å²) in [4.78, 5) is 43.4. The number of imide groups is 1. The van der Waals surface area contributed by atoms with Crippen molar-refractivity contribution in [3.63, 3.8) is 0 Å². The molecule has 0 bridgehead atoms. The first-order chi connectivity index (χ1) is 14.8. The molecule has 158 valence electrons. The van der Waals surface area contributed by atoms with E-state index in [2.05, 4.69) is 0 Å². The number of rotatable bonds is 3. The highest BCUT2D eigenvalue weighted by Gasteiger charge is 2.63. The summed E-state index contributed by atoms with van der Waals surface area (Å²) in [5.41, 5.74) is 4.14. The maximum absolute atomic E-state index is 13.7. The summed E-state index contributed by atoms with van der Waals surface area (Å²) in [5, 5.41) is 0. The molecule has 0 saturated carbocycles. The number of amides is 2. The number of fused-ring (bicyclic) bond motifs is 5. The predicted molar refractivity (Wildman–Crippen MR) is 118 cm³/mol. The molecule has 2 aromatic carbocycles. The first-order valence-electron chi connectivity index (χ1n) is 10.4. The van der Waals surface area contributed by atoms with Gasteiger partial charge >= 0.3 is 0 Å². The SMILES string of the molecule is COc1ccc2c(c1)C=CC1C3C(=O)N(c4c(C)cccc4C)C(=O)C3C(C(C)=O)N21. The second-order valence-corrected chi connectivity index (χ2v) is 8.54. The second-order valence-electron chi connectivity index (χ2n) is 8.54. The van der Waals surface area contributed by atoms with E-state index in [1.54, 1.807) is 7.11 Å². The van der Waals surface area contributed by atoms with Gasteiger partial charge in [-0.2, -0.15) is 0 Å². The van der Waals surface area contributed by atoms with E-state index in [-0.39, 0.29) is 23.6 Å². The lowest BCUT2D eigenvalue weighted by molar-refractivity contribution is -0.126. The molecule has 3 aliphatic heterocycles. The quantitative estimate of drug-likeness (QED) is 0.719. The van der Waals surface area contributed by atoms with Crippen molar-refractivity contribution < 1.29 is 19.1 Å². The van der Waals surface area contributed by atoms with Gasteiger partial charge in [-0.1, -0.05) is 30.4 Å². The molecule has 0 aliphatic carbocycles. The van der Waals surface area contributed by atoms with Crippen molar-refractivity contribution in [3.05, 3.63) is 59.2 Å². The van der Waals surface area contributed by atoms with E-state index in [1.807, 2.05) is 67.3 Å². The minimum atomic E-state index is -0.702. The molecular formula is C25H24N2O4. The number of methoxy groups -OCH3 is 1. The van der Waals surface area contributed by atoms with Crippen LogP contribution in [0.3, 0.4) is 0 Å². The number of para-hydroxylation sites is 1. The van der Waals surface area contributed by atoms with Gasteiger partial charge in [0.2, 0.25) is 11.8 Å². The van der Waals surface area contributed by atoms with Crippen LogP contribution in [0.15, 0.2) is 42.5 Å². The number of ether oxygens (including phenoxy) is 1. The molecule has 0 N–H and O–H groups in total. The van der Waals surface area contributed by atoms with Crippen molar-refractivity contribution in [2.45, 2.75) is 32.9 Å². The molecule has 2 aromatic rings. The van der Waals surface area contributed by atoms with Crippen LogP contribution in [0.4, 0.5) is 11.4 Å². The molecule has 31 heavy (non-hydrogen) atoms. The molecule has 6 heteroatoms. The van der Waals surface area contributed by atoms with E-state index in [4.69, 9.17) is 4.74 Å². The Kier molecular flexibility index (Phi) is 4.29. The van der Waals surface area contributed by atoms with Crippen LogP contribution in [0.1, 0.15) is 23.6 Å². The zero-order valence-corrected chi connectivity index (χ0v) is 18.0. The number of hydrogen-bond acceptors (Lipinski definition) is 5. The summed E-state index contributed by atoms with van der Waals surface area (Å²) in [6.45, 7) is 5.30. The fraction of sp³-hybridized carbons (Fsp3) is 0.320. The Balaban J connectivity index is 1.63. The maximum Gasteiger partial charge on any atom is 0.240 e. The van der Waals surface area contributed by atoms with Crippen molar-refractivity contribution in [1.29, 1.82) is 0 Å². The molecule has 3 aliphatic rings. The van der Waals surface area contributed by atoms with Crippen LogP contribution in [0.25, 0.3) is 6.08 Å². The number of nitrogens with zero attached hydrogens (tertiary/aromatic N) is 2. The highest BCUT2D eigenvalue weighted by Crippen LogP contribution is 2.50. The summed E-state index contributed by atoms with van der Waals surface area (Å²) < 4.78 is 5.33. The first-order valence-corrected chi connectivity index (χ1v) is 10.4. The van der Waals surface area contributed by atoms with Gasteiger partial charge in [-0.25, -0.2) is 4.90 Å². The number of hydrogen-bond donors (Lipinski definition) is 0. The Morgan fingerprint density at radius 3 is 2.32 bits per heavy atom. The monoisotopic (exact) mass is 416 g/mol. The van der Waals surface area contributed by atoms with Crippen molar-refractivity contribution in [1.82, 2.24) is 0 Å². The highest BCUT2D eigenvalue weighted by atomic mass is 16.5. The number of anilines is 2. The van der Waals surface area contributed by atoms with Gasteiger partial charge in [-0.15, -0.1) is 0 Å². The third-order valence-corrected chi connectivity index (χ3v) is 6.79. The van der Waals surface area contributed by atoms with E-state index in [9.17, 15) is 14.4 Å². The predicted octanol–water partition coefficient (Wildman–Crippen LogP) is 3.29. The Hall–Kier alpha value is -3.41. The van der Waals surface area contributed by atoms with Crippen LogP contribution >= 0.6 is 0 Å². The number of Topliss-reactive ketones (excluding diaryl/α,β-unsaturated/α-hetero) is 1. The minimum Gasteiger partial charge on any atom is -0.497 e. The molecule has 4 atom stereocenters. The van der Waals surface area contributed by atoms with Gasteiger partial charge < -0.3 is 9.64 Å². The standard InChI is InChI=1S/C25H24N2O4/c1-13-6-5-7-14(2)22(13)27-24(29)20-19-10-8-16-12-17(31-4)9-11-18(16)26(19)23(15(3)28)21(20)25(27)30/h5-12,19-21,23H,1-4H3. The van der Waals surface area contributed by atoms with Crippen LogP contribution in [0.5, 0.6) is 5.75 Å². The summed E-state index contributed by atoms with van der Waals surface area (Å²) in [6.07, 6.45) is 3.90. The number of benzene rings is 2. The van der Waals surface area contributed by atoms with E-state index in [0.717, 1.165) is 22.4 Å². The normalized spacial score (nSPS) is 26.1. The molecule has 3 heterocycles. The molecule has 0 radical (unpaired) electrons. The number of carbonyl (C=O) groups excluding carboxylic acids is 3. The van der Waals surface area contributed by atoms with Crippen LogP contribution in [0.2, 0.25) is 0 Å². The Labute approximate surface area is 181 Å². The van der Waals surface area contributed by atoms with E-state index in [0.29, 0.717) is 11.4 Å². The van der Waals surface area contributed by atoms with E-state index in [1.165, 1.54) is 11.8 Å². The van der Waals surface area contributed by atoms with Crippen LogP contribution < -0.4 is 14.5 Å². The second kappa shape index (κ2) is 6.80. The average molecular weight is 416 g/mol. The Bertz CT molecular complexity index is 1150. The van der Waals surface area contributed by atoms with Gasteiger partial charge in [-0.3, -0.25) is 14.4 Å². The molecule has 2 amide bonds. The number of ketones is 1. The van der Waals surface area contributed by atoms with Gasteiger partial charge in [0.05, 0.1) is 30.7 Å². The zero-order chi connectivity index (χ0) is 22.0. The van der Waals surface area contributed by atoms with Gasteiger partial charge in [0.15, 0.2) is 5.78 Å². The van der Waals surface area contributed by atoms with Gasteiger partial charge in [0, 0.05) is 11.3 Å². The first kappa shape index (κ1) is 19.5. The molecular weight excluding hydrogens is 392 g/mol. The zero-order valence-electron chi connectivity index (χ0n) is 18.0. The molecule has 5 rings (SSSR count). The fourth-order valence-corrected chi connectivity index (χ4v) is 5.52. The molecule has 4 unspecified atom stereocenters. The summed E-state index contributed by atoms with van der Waals surface area (Å²) in [7, 11) is 1.61. The van der Waals surface area contributed by atoms with Crippen molar-refractivity contribution >= 4 is 35.0 Å². The van der Waals surface area contributed by atoms with Crippen molar-refractivity contribution in [2.24, 2.45) is 11.8 Å². The van der Waals surface area contributed by atoms with Gasteiger partial charge in [-0.05, 0) is 50.1 Å². The van der Waals surface area contributed by atoms with Crippen molar-refractivity contribution in [2.75, 3.05) is 16.9 Å². The third kappa shape index (κ3) is 2.60. The smallest absolute Gasteiger partial charge is 0.240 e. The number of aryl methyl sites for hydroxylation is 2. The maximum atomic E-state index is 13.7.